The number of anilines is 2. The summed E-state index contributed by atoms with van der Waals surface area (Å²) >= 11 is 0. The van der Waals surface area contributed by atoms with E-state index >= 15 is 0 Å². The predicted octanol–water partition coefficient (Wildman–Crippen LogP) is 1.33. The zero-order valence-electron chi connectivity index (χ0n) is 20.0. The second-order valence-corrected chi connectivity index (χ2v) is 9.72. The lowest BCUT2D eigenvalue weighted by Crippen LogP contribution is -2.48. The Balaban J connectivity index is 1.68. The van der Waals surface area contributed by atoms with Crippen LogP contribution >= 0.6 is 0 Å². The van der Waals surface area contributed by atoms with Crippen molar-refractivity contribution in [3.8, 4) is 0 Å². The third kappa shape index (κ3) is 4.78. The van der Waals surface area contributed by atoms with Crippen LogP contribution in [0.15, 0.2) is 39.9 Å². The molecule has 1 aromatic heterocycles. The number of nitrogens with zero attached hydrogens (tertiary/aromatic N) is 3. The lowest BCUT2D eigenvalue weighted by molar-refractivity contribution is -0.143. The molecule has 0 unspecified atom stereocenters. The highest BCUT2D eigenvalue weighted by Crippen LogP contribution is 2.38. The Hall–Kier alpha value is -3.69. The number of likely N-dealkylation sites (tertiary alicyclic amines) is 1. The lowest BCUT2D eigenvalue weighted by atomic mass is 9.81. The van der Waals surface area contributed by atoms with Gasteiger partial charge in [-0.15, -0.1) is 0 Å². The topological polar surface area (TPSA) is 139 Å². The maximum Gasteiger partial charge on any atom is 0.330 e. The summed E-state index contributed by atoms with van der Waals surface area (Å²) in [5, 5.41) is 0. The summed E-state index contributed by atoms with van der Waals surface area (Å²) < 4.78 is 1.20. The molecule has 1 aliphatic heterocycles. The molecule has 1 saturated heterocycles. The Morgan fingerprint density at radius 3 is 2.23 bits per heavy atom. The molecule has 3 N–H and O–H groups in total. The summed E-state index contributed by atoms with van der Waals surface area (Å²) in [5.74, 6) is -2.19. The smallest absolute Gasteiger partial charge is 0.330 e. The minimum Gasteiger partial charge on any atom is -0.383 e. The first-order valence-electron chi connectivity index (χ1n) is 12.0. The van der Waals surface area contributed by atoms with Gasteiger partial charge in [-0.25, -0.2) is 4.79 Å². The number of amides is 3. The predicted molar refractivity (Wildman–Crippen MR) is 131 cm³/mol. The maximum absolute atomic E-state index is 13.5. The van der Waals surface area contributed by atoms with Crippen LogP contribution in [0.5, 0.6) is 0 Å². The van der Waals surface area contributed by atoms with E-state index in [1.165, 1.54) is 9.47 Å². The van der Waals surface area contributed by atoms with E-state index in [-0.39, 0.29) is 54.2 Å². The van der Waals surface area contributed by atoms with Crippen LogP contribution in [0.3, 0.4) is 0 Å². The number of nitrogen functional groups attached to an aromatic ring is 1. The van der Waals surface area contributed by atoms with Crippen molar-refractivity contribution in [1.29, 1.82) is 0 Å². The van der Waals surface area contributed by atoms with E-state index in [0.717, 1.165) is 23.3 Å². The summed E-state index contributed by atoms with van der Waals surface area (Å²) in [7, 11) is 0. The summed E-state index contributed by atoms with van der Waals surface area (Å²) in [4.78, 5) is 69.2. The molecule has 35 heavy (non-hydrogen) atoms. The minimum absolute atomic E-state index is 0.0557. The third-order valence-corrected chi connectivity index (χ3v) is 6.74. The van der Waals surface area contributed by atoms with Gasteiger partial charge < -0.3 is 10.6 Å². The average molecular weight is 482 g/mol. The van der Waals surface area contributed by atoms with Gasteiger partial charge in [0.25, 0.3) is 5.56 Å². The average Bonchev–Trinajstić information content (AvgIpc) is 3.06. The summed E-state index contributed by atoms with van der Waals surface area (Å²) in [6.07, 6.45) is 3.06. The standard InChI is InChI=1S/C25H31N5O5/c1-15(2)12-28(19(31)14-30-23(33)17-10-6-7-11-18(17)24(30)34)20-21(26)29(25(35)27-22(20)32)13-16-8-4-3-5-9-16/h3-5,8-9,15,17-18H,6-7,10-14,26H2,1-2H3,(H,27,32,35)/t17-,18-/m0/s1. The number of aromatic nitrogens is 2. The number of hydrogen-bond donors (Lipinski definition) is 2. The number of benzene rings is 1. The number of nitrogens with two attached hydrogens (primary N) is 1. The monoisotopic (exact) mass is 481 g/mol. The van der Waals surface area contributed by atoms with Crippen LogP contribution in [0.2, 0.25) is 0 Å². The van der Waals surface area contributed by atoms with Gasteiger partial charge in [-0.2, -0.15) is 0 Å². The third-order valence-electron chi connectivity index (χ3n) is 6.74. The molecule has 2 aromatic rings. The zero-order chi connectivity index (χ0) is 25.3. The second-order valence-electron chi connectivity index (χ2n) is 9.72. The van der Waals surface area contributed by atoms with Crippen molar-refractivity contribution >= 4 is 29.2 Å². The van der Waals surface area contributed by atoms with Gasteiger partial charge in [-0.3, -0.25) is 33.6 Å². The number of hydrogen-bond acceptors (Lipinski definition) is 6. The Morgan fingerprint density at radius 1 is 1.06 bits per heavy atom. The summed E-state index contributed by atoms with van der Waals surface area (Å²) in [5.41, 5.74) is 5.46. The van der Waals surface area contributed by atoms with Gasteiger partial charge in [0, 0.05) is 6.54 Å². The molecule has 1 aromatic carbocycles. The van der Waals surface area contributed by atoms with Crippen LogP contribution < -0.4 is 21.9 Å². The first-order valence-corrected chi connectivity index (χ1v) is 12.0. The van der Waals surface area contributed by atoms with E-state index in [4.69, 9.17) is 5.73 Å². The van der Waals surface area contributed by atoms with Crippen molar-refractivity contribution in [2.75, 3.05) is 23.7 Å². The van der Waals surface area contributed by atoms with Crippen molar-refractivity contribution < 1.29 is 14.4 Å². The number of fused-ring (bicyclic) bond motifs is 1. The molecule has 2 heterocycles. The van der Waals surface area contributed by atoms with Crippen LogP contribution in [-0.2, 0) is 20.9 Å². The van der Waals surface area contributed by atoms with Crippen molar-refractivity contribution in [2.45, 2.75) is 46.1 Å². The minimum atomic E-state index is -0.793. The highest BCUT2D eigenvalue weighted by Gasteiger charge is 2.49. The normalized spacial score (nSPS) is 19.8. The number of imide groups is 1. The Bertz CT molecular complexity index is 1230. The zero-order valence-corrected chi connectivity index (χ0v) is 20.0. The van der Waals surface area contributed by atoms with Crippen LogP contribution in [-0.4, -0.2) is 45.3 Å². The molecule has 0 bridgehead atoms. The van der Waals surface area contributed by atoms with Crippen molar-refractivity contribution in [2.24, 2.45) is 17.8 Å². The number of carbonyl (C=O) groups is 3. The summed E-state index contributed by atoms with van der Waals surface area (Å²) in [6.45, 7) is 3.50. The van der Waals surface area contributed by atoms with E-state index in [2.05, 4.69) is 4.98 Å². The lowest BCUT2D eigenvalue weighted by Gasteiger charge is -2.27. The van der Waals surface area contributed by atoms with Crippen molar-refractivity contribution in [3.05, 3.63) is 56.7 Å². The highest BCUT2D eigenvalue weighted by molar-refractivity contribution is 6.09. The molecule has 10 heteroatoms. The molecule has 2 aliphatic rings. The first kappa shape index (κ1) is 24.4. The SMILES string of the molecule is CC(C)CN(C(=O)CN1C(=O)[C@H]2CCCC[C@@H]2C1=O)c1c(N)n(Cc2ccccc2)c(=O)[nH]c1=O. The van der Waals surface area contributed by atoms with Crippen LogP contribution in [0.25, 0.3) is 0 Å². The molecule has 4 rings (SSSR count). The molecule has 1 aliphatic carbocycles. The first-order chi connectivity index (χ1) is 16.7. The van der Waals surface area contributed by atoms with E-state index in [9.17, 15) is 24.0 Å². The molecule has 3 amide bonds. The molecule has 10 nitrogen and oxygen atoms in total. The van der Waals surface area contributed by atoms with Crippen LogP contribution in [0, 0.1) is 17.8 Å². The van der Waals surface area contributed by atoms with Crippen LogP contribution in [0.1, 0.15) is 45.1 Å². The van der Waals surface area contributed by atoms with E-state index < -0.39 is 23.7 Å². The maximum atomic E-state index is 13.5. The van der Waals surface area contributed by atoms with Crippen LogP contribution in [0.4, 0.5) is 11.5 Å². The van der Waals surface area contributed by atoms with Gasteiger partial charge in [0.05, 0.1) is 18.4 Å². The van der Waals surface area contributed by atoms with Crippen molar-refractivity contribution in [3.63, 3.8) is 0 Å². The Morgan fingerprint density at radius 2 is 1.66 bits per heavy atom. The fourth-order valence-corrected chi connectivity index (χ4v) is 5.05. The van der Waals surface area contributed by atoms with Gasteiger partial charge in [0.2, 0.25) is 17.7 Å². The van der Waals surface area contributed by atoms with E-state index in [1.807, 2.05) is 44.2 Å². The number of nitrogens with one attached hydrogen (secondary N) is 1. The molecule has 1 saturated carbocycles. The quantitative estimate of drug-likeness (QED) is 0.572. The molecule has 0 radical (unpaired) electrons. The molecule has 0 spiro atoms. The Kier molecular flexibility index (Phi) is 6.90. The number of carbonyl (C=O) groups excluding carboxylic acids is 3. The largest absolute Gasteiger partial charge is 0.383 e. The highest BCUT2D eigenvalue weighted by atomic mass is 16.2. The van der Waals surface area contributed by atoms with Gasteiger partial charge >= 0.3 is 5.69 Å². The number of rotatable bonds is 7. The molecular weight excluding hydrogens is 450 g/mol. The van der Waals surface area contributed by atoms with E-state index in [0.29, 0.717) is 12.8 Å². The molecule has 2 atom stereocenters. The van der Waals surface area contributed by atoms with Crippen molar-refractivity contribution in [1.82, 2.24) is 14.5 Å². The number of H-pyrrole nitrogens is 1. The van der Waals surface area contributed by atoms with Gasteiger partial charge in [0.15, 0.2) is 5.69 Å². The van der Waals surface area contributed by atoms with Gasteiger partial charge in [-0.1, -0.05) is 57.0 Å². The fraction of sp³-hybridized carbons (Fsp3) is 0.480. The fourth-order valence-electron chi connectivity index (χ4n) is 5.05. The Labute approximate surface area is 202 Å². The molecule has 2 fully saturated rings. The van der Waals surface area contributed by atoms with Gasteiger partial charge in [0.1, 0.15) is 12.4 Å². The summed E-state index contributed by atoms with van der Waals surface area (Å²) in [6, 6.07) is 9.11. The van der Waals surface area contributed by atoms with Gasteiger partial charge in [-0.05, 0) is 24.3 Å². The van der Waals surface area contributed by atoms with E-state index in [1.54, 1.807) is 0 Å². The molecular formula is C25H31N5O5. The second kappa shape index (κ2) is 9.89. The number of aromatic amines is 1. The molecule has 186 valence electrons.